The molecule has 3 N–H and O–H groups in total. The molecule has 1 fully saturated rings. The highest BCUT2D eigenvalue weighted by atomic mass is 32.1. The Morgan fingerprint density at radius 3 is 2.75 bits per heavy atom. The number of amides is 1. The van der Waals surface area contributed by atoms with Gasteiger partial charge in [0.1, 0.15) is 4.88 Å². The smallest absolute Gasteiger partial charge is 0.265 e. The molecular formula is C13H20N4OS2. The van der Waals surface area contributed by atoms with Crippen LogP contribution in [-0.2, 0) is 6.42 Å². The molecule has 0 aliphatic heterocycles. The van der Waals surface area contributed by atoms with Crippen molar-refractivity contribution in [1.82, 2.24) is 14.9 Å². The van der Waals surface area contributed by atoms with Crippen molar-refractivity contribution in [3.05, 3.63) is 10.6 Å². The Bertz CT molecular complexity index is 494. The molecule has 2 rings (SSSR count). The number of rotatable bonds is 5. The normalized spacial score (nSPS) is 17.6. The zero-order valence-electron chi connectivity index (χ0n) is 11.6. The Kier molecular flexibility index (Phi) is 5.04. The van der Waals surface area contributed by atoms with Gasteiger partial charge in [0.05, 0.1) is 16.2 Å². The lowest BCUT2D eigenvalue weighted by Crippen LogP contribution is -2.57. The molecule has 1 saturated carbocycles. The first-order chi connectivity index (χ1) is 9.59. The summed E-state index contributed by atoms with van der Waals surface area (Å²) in [6.45, 7) is 2.05. The molecule has 0 bridgehead atoms. The van der Waals surface area contributed by atoms with Gasteiger partial charge in [-0.05, 0) is 30.8 Å². The zero-order valence-corrected chi connectivity index (χ0v) is 13.3. The van der Waals surface area contributed by atoms with E-state index in [1.807, 2.05) is 0 Å². The highest BCUT2D eigenvalue weighted by molar-refractivity contribution is 7.80. The third kappa shape index (κ3) is 3.15. The third-order valence-corrected chi connectivity index (χ3v) is 4.94. The number of thiocarbonyl (C=S) groups is 1. The molecule has 0 spiro atoms. The fraction of sp³-hybridized carbons (Fsp3) is 0.692. The summed E-state index contributed by atoms with van der Waals surface area (Å²) < 4.78 is 3.89. The minimum absolute atomic E-state index is 0.141. The molecule has 1 heterocycles. The molecule has 0 aromatic carbocycles. The monoisotopic (exact) mass is 312 g/mol. The Balaban J connectivity index is 2.16. The average molecular weight is 312 g/mol. The van der Waals surface area contributed by atoms with Crippen molar-refractivity contribution in [3.63, 3.8) is 0 Å². The summed E-state index contributed by atoms with van der Waals surface area (Å²) in [6, 6.07) is 0. The van der Waals surface area contributed by atoms with Crippen LogP contribution in [0.3, 0.4) is 0 Å². The molecule has 0 unspecified atom stereocenters. The lowest BCUT2D eigenvalue weighted by Gasteiger charge is -2.37. The van der Waals surface area contributed by atoms with Crippen molar-refractivity contribution in [3.8, 4) is 0 Å². The van der Waals surface area contributed by atoms with Gasteiger partial charge in [0.15, 0.2) is 0 Å². The topological polar surface area (TPSA) is 80.9 Å². The van der Waals surface area contributed by atoms with Crippen LogP contribution >= 0.6 is 23.8 Å². The highest BCUT2D eigenvalue weighted by Gasteiger charge is 2.37. The zero-order chi connectivity index (χ0) is 14.6. The van der Waals surface area contributed by atoms with Gasteiger partial charge in [-0.3, -0.25) is 4.79 Å². The van der Waals surface area contributed by atoms with Crippen LogP contribution in [0.2, 0.25) is 0 Å². The van der Waals surface area contributed by atoms with Crippen molar-refractivity contribution in [1.29, 1.82) is 0 Å². The third-order valence-electron chi connectivity index (χ3n) is 3.78. The van der Waals surface area contributed by atoms with Crippen LogP contribution < -0.4 is 11.1 Å². The summed E-state index contributed by atoms with van der Waals surface area (Å²) in [5, 5.41) is 7.09. The second-order valence-corrected chi connectivity index (χ2v) is 6.45. The summed E-state index contributed by atoms with van der Waals surface area (Å²) in [6.07, 6.45) is 6.60. The molecule has 0 radical (unpaired) electrons. The molecule has 20 heavy (non-hydrogen) atoms. The second-order valence-electron chi connectivity index (χ2n) is 5.26. The average Bonchev–Trinajstić information content (AvgIpc) is 2.88. The Labute approximate surface area is 128 Å². The number of carbonyl (C=O) groups is 1. The maximum Gasteiger partial charge on any atom is 0.265 e. The molecule has 0 saturated heterocycles. The van der Waals surface area contributed by atoms with Crippen LogP contribution in [0.1, 0.15) is 60.8 Å². The van der Waals surface area contributed by atoms with E-state index >= 15 is 0 Å². The van der Waals surface area contributed by atoms with E-state index in [-0.39, 0.29) is 5.91 Å². The van der Waals surface area contributed by atoms with Gasteiger partial charge in [0.2, 0.25) is 0 Å². The first kappa shape index (κ1) is 15.3. The largest absolute Gasteiger partial charge is 0.391 e. The first-order valence-corrected chi connectivity index (χ1v) is 8.21. The van der Waals surface area contributed by atoms with Gasteiger partial charge in [-0.2, -0.15) is 0 Å². The summed E-state index contributed by atoms with van der Waals surface area (Å²) in [4.78, 5) is 13.5. The summed E-state index contributed by atoms with van der Waals surface area (Å²) in [5.74, 6) is -0.141. The predicted molar refractivity (Wildman–Crippen MR) is 84.0 cm³/mol. The van der Waals surface area contributed by atoms with Crippen molar-refractivity contribution < 1.29 is 4.79 Å². The van der Waals surface area contributed by atoms with E-state index in [1.54, 1.807) is 0 Å². The lowest BCUT2D eigenvalue weighted by molar-refractivity contribution is 0.0911. The number of nitrogens with two attached hydrogens (primary N) is 1. The van der Waals surface area contributed by atoms with E-state index in [1.165, 1.54) is 6.42 Å². The van der Waals surface area contributed by atoms with E-state index in [9.17, 15) is 4.79 Å². The molecule has 110 valence electrons. The molecule has 1 aromatic heterocycles. The number of nitrogens with one attached hydrogen (secondary N) is 1. The van der Waals surface area contributed by atoms with Gasteiger partial charge < -0.3 is 11.1 Å². The van der Waals surface area contributed by atoms with E-state index in [0.29, 0.717) is 9.87 Å². The van der Waals surface area contributed by atoms with E-state index < -0.39 is 5.54 Å². The molecule has 1 aliphatic rings. The number of aryl methyl sites for hydroxylation is 1. The molecule has 0 atom stereocenters. The summed E-state index contributed by atoms with van der Waals surface area (Å²) in [5.41, 5.74) is 6.13. The van der Waals surface area contributed by atoms with Crippen molar-refractivity contribution >= 4 is 34.6 Å². The molecule has 1 aliphatic carbocycles. The summed E-state index contributed by atoms with van der Waals surface area (Å²) in [7, 11) is 0. The highest BCUT2D eigenvalue weighted by Crippen LogP contribution is 2.29. The lowest BCUT2D eigenvalue weighted by atomic mass is 9.81. The molecule has 1 aromatic rings. The van der Waals surface area contributed by atoms with Crippen LogP contribution in [0, 0.1) is 0 Å². The van der Waals surface area contributed by atoms with Crippen LogP contribution in [0.4, 0.5) is 0 Å². The molecule has 5 nitrogen and oxygen atoms in total. The van der Waals surface area contributed by atoms with Gasteiger partial charge in [0.25, 0.3) is 5.91 Å². The number of carbonyl (C=O) groups excluding carboxylic acids is 1. The van der Waals surface area contributed by atoms with Crippen LogP contribution in [-0.4, -0.2) is 26.0 Å². The maximum absolute atomic E-state index is 12.5. The number of hydrogen-bond donors (Lipinski definition) is 2. The van der Waals surface area contributed by atoms with Gasteiger partial charge >= 0.3 is 0 Å². The Morgan fingerprint density at radius 1 is 1.45 bits per heavy atom. The van der Waals surface area contributed by atoms with Crippen molar-refractivity contribution in [2.24, 2.45) is 5.73 Å². The predicted octanol–water partition coefficient (Wildman–Crippen LogP) is 2.21. The summed E-state index contributed by atoms with van der Waals surface area (Å²) >= 11 is 6.33. The van der Waals surface area contributed by atoms with Crippen LogP contribution in [0.15, 0.2) is 0 Å². The molecule has 1 amide bonds. The minimum Gasteiger partial charge on any atom is -0.391 e. The quantitative estimate of drug-likeness (QED) is 0.815. The fourth-order valence-electron chi connectivity index (χ4n) is 2.64. The minimum atomic E-state index is -0.530. The SMILES string of the molecule is CCCc1nnsc1C(=O)NC1(C(N)=S)CCCCC1. The maximum atomic E-state index is 12.5. The molecular weight excluding hydrogens is 292 g/mol. The Hall–Kier alpha value is -1.08. The van der Waals surface area contributed by atoms with E-state index in [2.05, 4.69) is 21.8 Å². The van der Waals surface area contributed by atoms with Crippen molar-refractivity contribution in [2.45, 2.75) is 57.4 Å². The molecule has 7 heteroatoms. The second kappa shape index (κ2) is 6.58. The van der Waals surface area contributed by atoms with Crippen LogP contribution in [0.5, 0.6) is 0 Å². The van der Waals surface area contributed by atoms with Gasteiger partial charge in [0, 0.05) is 0 Å². The fourth-order valence-corrected chi connectivity index (χ4v) is 3.50. The van der Waals surface area contributed by atoms with Crippen molar-refractivity contribution in [2.75, 3.05) is 0 Å². The number of nitrogens with zero attached hydrogens (tertiary/aromatic N) is 2. The number of aromatic nitrogens is 2. The van der Waals surface area contributed by atoms with E-state index in [4.69, 9.17) is 18.0 Å². The van der Waals surface area contributed by atoms with Gasteiger partial charge in [-0.25, -0.2) is 0 Å². The van der Waals surface area contributed by atoms with E-state index in [0.717, 1.165) is 55.8 Å². The standard InChI is InChI=1S/C13H20N4OS2/c1-2-6-9-10(20-17-16-9)11(18)15-13(12(14)19)7-4-3-5-8-13/h2-8H2,1H3,(H2,14,19)(H,15,18). The number of hydrogen-bond acceptors (Lipinski definition) is 5. The Morgan fingerprint density at radius 2 is 2.15 bits per heavy atom. The van der Waals surface area contributed by atoms with Crippen LogP contribution in [0.25, 0.3) is 0 Å². The van der Waals surface area contributed by atoms with Gasteiger partial charge in [-0.15, -0.1) is 5.10 Å². The van der Waals surface area contributed by atoms with Gasteiger partial charge in [-0.1, -0.05) is 49.3 Å². The first-order valence-electron chi connectivity index (χ1n) is 7.02.